The van der Waals surface area contributed by atoms with Crippen molar-refractivity contribution in [1.82, 2.24) is 10.9 Å². The standard InChI is InChI=1S/C21H25N3O3/c1-16-7-5-6-8-19(16)18-13-11-17(12-14-18)15-22-23-20(25)9-3-2-4-10-21(26)24-27/h5-8,11-15,27H,2-4,9-10H2,1H3,(H,23,25)(H,24,26). The second kappa shape index (κ2) is 10.9. The van der Waals surface area contributed by atoms with Gasteiger partial charge in [0.15, 0.2) is 0 Å². The summed E-state index contributed by atoms with van der Waals surface area (Å²) in [6, 6.07) is 16.2. The normalized spacial score (nSPS) is 10.7. The Bertz CT molecular complexity index is 786. The summed E-state index contributed by atoms with van der Waals surface area (Å²) in [7, 11) is 0. The number of benzene rings is 2. The first-order chi connectivity index (χ1) is 13.1. The van der Waals surface area contributed by atoms with E-state index < -0.39 is 5.91 Å². The third-order valence-electron chi connectivity index (χ3n) is 4.20. The van der Waals surface area contributed by atoms with Crippen LogP contribution in [0.4, 0.5) is 0 Å². The van der Waals surface area contributed by atoms with Crippen LogP contribution in [-0.2, 0) is 9.59 Å². The average Bonchev–Trinajstić information content (AvgIpc) is 2.68. The minimum absolute atomic E-state index is 0.158. The van der Waals surface area contributed by atoms with E-state index in [4.69, 9.17) is 5.21 Å². The first-order valence-corrected chi connectivity index (χ1v) is 9.01. The first-order valence-electron chi connectivity index (χ1n) is 9.01. The Morgan fingerprint density at radius 1 is 0.963 bits per heavy atom. The Morgan fingerprint density at radius 3 is 2.30 bits per heavy atom. The molecule has 2 amide bonds. The summed E-state index contributed by atoms with van der Waals surface area (Å²) < 4.78 is 0. The van der Waals surface area contributed by atoms with Crippen LogP contribution < -0.4 is 10.9 Å². The van der Waals surface area contributed by atoms with Crippen molar-refractivity contribution in [1.29, 1.82) is 0 Å². The molecular formula is C21H25N3O3. The molecule has 0 saturated carbocycles. The maximum absolute atomic E-state index is 11.7. The fourth-order valence-electron chi connectivity index (χ4n) is 2.68. The number of aryl methyl sites for hydroxylation is 1. The molecule has 3 N–H and O–H groups in total. The Labute approximate surface area is 159 Å². The molecule has 2 aromatic carbocycles. The summed E-state index contributed by atoms with van der Waals surface area (Å²) in [4.78, 5) is 22.6. The van der Waals surface area contributed by atoms with Crippen molar-refractivity contribution < 1.29 is 14.8 Å². The highest BCUT2D eigenvalue weighted by Crippen LogP contribution is 2.22. The Hall–Kier alpha value is -2.99. The van der Waals surface area contributed by atoms with E-state index in [1.54, 1.807) is 11.7 Å². The smallest absolute Gasteiger partial charge is 0.243 e. The zero-order chi connectivity index (χ0) is 19.5. The highest BCUT2D eigenvalue weighted by Gasteiger charge is 2.02. The fraction of sp³-hybridized carbons (Fsp3) is 0.286. The lowest BCUT2D eigenvalue weighted by Crippen LogP contribution is -2.18. The lowest BCUT2D eigenvalue weighted by molar-refractivity contribution is -0.129. The van der Waals surface area contributed by atoms with Crippen molar-refractivity contribution in [3.63, 3.8) is 0 Å². The summed E-state index contributed by atoms with van der Waals surface area (Å²) in [5.41, 5.74) is 8.57. The van der Waals surface area contributed by atoms with Gasteiger partial charge in [-0.2, -0.15) is 5.10 Å². The van der Waals surface area contributed by atoms with Crippen LogP contribution in [0.1, 0.15) is 43.2 Å². The van der Waals surface area contributed by atoms with Crippen LogP contribution in [-0.4, -0.2) is 23.2 Å². The van der Waals surface area contributed by atoms with Gasteiger partial charge in [-0.15, -0.1) is 0 Å². The van der Waals surface area contributed by atoms with Gasteiger partial charge in [0.1, 0.15) is 0 Å². The summed E-state index contributed by atoms with van der Waals surface area (Å²) >= 11 is 0. The van der Waals surface area contributed by atoms with Gasteiger partial charge >= 0.3 is 0 Å². The van der Waals surface area contributed by atoms with Gasteiger partial charge in [-0.3, -0.25) is 14.8 Å². The van der Waals surface area contributed by atoms with Crippen LogP contribution in [0.3, 0.4) is 0 Å². The molecule has 0 aliphatic rings. The molecule has 0 spiro atoms. The Kier molecular flexibility index (Phi) is 8.19. The molecule has 0 unspecified atom stereocenters. The van der Waals surface area contributed by atoms with E-state index in [1.807, 2.05) is 36.4 Å². The zero-order valence-corrected chi connectivity index (χ0v) is 15.4. The number of hydrogen-bond acceptors (Lipinski definition) is 4. The van der Waals surface area contributed by atoms with E-state index >= 15 is 0 Å². The van der Waals surface area contributed by atoms with Crippen LogP contribution in [0.15, 0.2) is 53.6 Å². The summed E-state index contributed by atoms with van der Waals surface area (Å²) in [5.74, 6) is -0.563. The molecule has 0 aliphatic heterocycles. The van der Waals surface area contributed by atoms with Crippen LogP contribution in [0.2, 0.25) is 0 Å². The van der Waals surface area contributed by atoms with Gasteiger partial charge in [0.25, 0.3) is 0 Å². The Morgan fingerprint density at radius 2 is 1.63 bits per heavy atom. The predicted molar refractivity (Wildman–Crippen MR) is 105 cm³/mol. The van der Waals surface area contributed by atoms with Crippen molar-refractivity contribution in [3.8, 4) is 11.1 Å². The number of rotatable bonds is 9. The highest BCUT2D eigenvalue weighted by molar-refractivity contribution is 5.83. The zero-order valence-electron chi connectivity index (χ0n) is 15.4. The highest BCUT2D eigenvalue weighted by atomic mass is 16.5. The monoisotopic (exact) mass is 367 g/mol. The van der Waals surface area contributed by atoms with Crippen molar-refractivity contribution in [3.05, 3.63) is 59.7 Å². The second-order valence-corrected chi connectivity index (χ2v) is 6.33. The van der Waals surface area contributed by atoms with Crippen LogP contribution in [0, 0.1) is 6.92 Å². The number of hydrogen-bond donors (Lipinski definition) is 3. The number of carbonyl (C=O) groups is 2. The van der Waals surface area contributed by atoms with Crippen molar-refractivity contribution >= 4 is 18.0 Å². The molecular weight excluding hydrogens is 342 g/mol. The van der Waals surface area contributed by atoms with Crippen LogP contribution in [0.25, 0.3) is 11.1 Å². The van der Waals surface area contributed by atoms with E-state index in [-0.39, 0.29) is 12.3 Å². The van der Waals surface area contributed by atoms with Gasteiger partial charge in [0, 0.05) is 12.8 Å². The molecule has 2 rings (SSSR count). The molecule has 0 aromatic heterocycles. The maximum Gasteiger partial charge on any atom is 0.243 e. The molecule has 0 bridgehead atoms. The molecule has 2 aromatic rings. The molecule has 0 fully saturated rings. The minimum atomic E-state index is -0.405. The number of hydrazone groups is 1. The van der Waals surface area contributed by atoms with Gasteiger partial charge in [-0.05, 0) is 42.0 Å². The summed E-state index contributed by atoms with van der Waals surface area (Å²) in [6.07, 6.45) is 4.27. The van der Waals surface area contributed by atoms with Crippen molar-refractivity contribution in [2.24, 2.45) is 5.10 Å². The number of nitrogens with one attached hydrogen (secondary N) is 2. The number of unbranched alkanes of at least 4 members (excludes halogenated alkanes) is 2. The topological polar surface area (TPSA) is 90.8 Å². The molecule has 0 aliphatic carbocycles. The number of nitrogens with zero attached hydrogens (tertiary/aromatic N) is 1. The lowest BCUT2D eigenvalue weighted by atomic mass is 10.00. The van der Waals surface area contributed by atoms with Gasteiger partial charge in [-0.1, -0.05) is 55.0 Å². The van der Waals surface area contributed by atoms with E-state index in [0.29, 0.717) is 19.3 Å². The summed E-state index contributed by atoms with van der Waals surface area (Å²) in [6.45, 7) is 2.08. The van der Waals surface area contributed by atoms with Gasteiger partial charge < -0.3 is 0 Å². The van der Waals surface area contributed by atoms with Crippen molar-refractivity contribution in [2.45, 2.75) is 39.0 Å². The lowest BCUT2D eigenvalue weighted by Gasteiger charge is -2.05. The first kappa shape index (κ1) is 20.3. The predicted octanol–water partition coefficient (Wildman–Crippen LogP) is 3.57. The van der Waals surface area contributed by atoms with Crippen LogP contribution >= 0.6 is 0 Å². The largest absolute Gasteiger partial charge is 0.289 e. The van der Waals surface area contributed by atoms with E-state index in [2.05, 4.69) is 29.6 Å². The third kappa shape index (κ3) is 7.03. The molecule has 0 atom stereocenters. The fourth-order valence-corrected chi connectivity index (χ4v) is 2.68. The van der Waals surface area contributed by atoms with Crippen molar-refractivity contribution in [2.75, 3.05) is 0 Å². The molecule has 0 heterocycles. The molecule has 6 heteroatoms. The van der Waals surface area contributed by atoms with Gasteiger partial charge in [0.2, 0.25) is 11.8 Å². The SMILES string of the molecule is Cc1ccccc1-c1ccc(C=NNC(=O)CCCCCC(=O)NO)cc1. The van der Waals surface area contributed by atoms with Crippen LogP contribution in [0.5, 0.6) is 0 Å². The molecule has 6 nitrogen and oxygen atoms in total. The van der Waals surface area contributed by atoms with E-state index in [1.165, 1.54) is 11.1 Å². The van der Waals surface area contributed by atoms with Gasteiger partial charge in [-0.25, -0.2) is 10.9 Å². The molecule has 0 radical (unpaired) electrons. The number of amides is 2. The van der Waals surface area contributed by atoms with E-state index in [9.17, 15) is 9.59 Å². The third-order valence-corrected chi connectivity index (χ3v) is 4.20. The maximum atomic E-state index is 11.7. The Balaban J connectivity index is 1.74. The number of carbonyl (C=O) groups excluding carboxylic acids is 2. The quantitative estimate of drug-likeness (QED) is 0.274. The molecule has 27 heavy (non-hydrogen) atoms. The summed E-state index contributed by atoms with van der Waals surface area (Å²) in [5, 5.41) is 12.4. The minimum Gasteiger partial charge on any atom is -0.289 e. The second-order valence-electron chi connectivity index (χ2n) is 6.33. The number of hydroxylamine groups is 1. The molecule has 142 valence electrons. The van der Waals surface area contributed by atoms with Gasteiger partial charge in [0.05, 0.1) is 6.21 Å². The molecule has 0 saturated heterocycles. The average molecular weight is 367 g/mol. The van der Waals surface area contributed by atoms with E-state index in [0.717, 1.165) is 17.5 Å².